The number of nitrogens with two attached hydrogens (primary N) is 1. The molecule has 2 aromatic carbocycles. The minimum atomic E-state index is -0.829. The van der Waals surface area contributed by atoms with E-state index in [9.17, 15) is 23.6 Å². The number of methoxy groups -OCH3 is 1. The third kappa shape index (κ3) is 7.01. The molecular formula is C25H29FN4O6. The Morgan fingerprint density at radius 1 is 1.19 bits per heavy atom. The molecule has 1 fully saturated rings. The van der Waals surface area contributed by atoms with Crippen LogP contribution in [0.4, 0.5) is 14.9 Å². The van der Waals surface area contributed by atoms with Crippen molar-refractivity contribution < 1.29 is 33.0 Å². The molecule has 3 rings (SSSR count). The number of nitrogens with one attached hydrogen (secondary N) is 2. The molecule has 1 aliphatic rings. The molecule has 1 aliphatic heterocycles. The number of hydrogen-bond acceptors (Lipinski definition) is 7. The molecule has 0 unspecified atom stereocenters. The zero-order valence-electron chi connectivity index (χ0n) is 20.1. The fraction of sp³-hybridized carbons (Fsp3) is 0.360. The van der Waals surface area contributed by atoms with E-state index in [-0.39, 0.29) is 44.3 Å². The molecule has 0 radical (unpaired) electrons. The molecule has 10 nitrogen and oxygen atoms in total. The molecule has 11 heteroatoms. The molecule has 0 saturated carbocycles. The lowest BCUT2D eigenvalue weighted by Crippen LogP contribution is -2.40. The molecule has 0 bridgehead atoms. The first kappa shape index (κ1) is 26.6. The molecular weight excluding hydrogens is 471 g/mol. The Morgan fingerprint density at radius 2 is 1.92 bits per heavy atom. The van der Waals surface area contributed by atoms with E-state index in [1.54, 1.807) is 36.4 Å². The van der Waals surface area contributed by atoms with Crippen LogP contribution in [0.2, 0.25) is 0 Å². The molecule has 2 atom stereocenters. The lowest BCUT2D eigenvalue weighted by Gasteiger charge is -2.15. The van der Waals surface area contributed by atoms with Crippen molar-refractivity contribution in [2.75, 3.05) is 25.1 Å². The quantitative estimate of drug-likeness (QED) is 0.423. The maximum Gasteiger partial charge on any atom is 0.414 e. The molecule has 0 aromatic heterocycles. The Morgan fingerprint density at radius 3 is 2.56 bits per heavy atom. The molecule has 36 heavy (non-hydrogen) atoms. The summed E-state index contributed by atoms with van der Waals surface area (Å²) < 4.78 is 24.7. The minimum absolute atomic E-state index is 0.0563. The molecule has 192 valence electrons. The van der Waals surface area contributed by atoms with Crippen molar-refractivity contribution in [3.63, 3.8) is 0 Å². The van der Waals surface area contributed by atoms with Crippen molar-refractivity contribution in [2.45, 2.75) is 38.5 Å². The van der Waals surface area contributed by atoms with Crippen LogP contribution in [0.5, 0.6) is 0 Å². The summed E-state index contributed by atoms with van der Waals surface area (Å²) in [5.41, 5.74) is 7.90. The SMILES string of the molecule is COC(=O)CC[C@H](N)C(=O)NCc1ccc(-c2ccc(N3C[C@H](CNC(C)=O)OC3=O)cc2F)cc1. The van der Waals surface area contributed by atoms with Gasteiger partial charge in [0.15, 0.2) is 0 Å². The Labute approximate surface area is 207 Å². The summed E-state index contributed by atoms with van der Waals surface area (Å²) >= 11 is 0. The number of cyclic esters (lactones) is 1. The zero-order valence-corrected chi connectivity index (χ0v) is 20.1. The fourth-order valence-corrected chi connectivity index (χ4v) is 3.63. The number of benzene rings is 2. The molecule has 3 amide bonds. The monoisotopic (exact) mass is 500 g/mol. The van der Waals surface area contributed by atoms with Crippen LogP contribution in [0, 0.1) is 5.82 Å². The number of nitrogens with zero attached hydrogens (tertiary/aromatic N) is 1. The van der Waals surface area contributed by atoms with Crippen LogP contribution in [-0.2, 0) is 30.4 Å². The van der Waals surface area contributed by atoms with Crippen LogP contribution in [0.25, 0.3) is 11.1 Å². The highest BCUT2D eigenvalue weighted by Crippen LogP contribution is 2.29. The summed E-state index contributed by atoms with van der Waals surface area (Å²) in [6, 6.07) is 10.6. The first-order valence-corrected chi connectivity index (χ1v) is 11.4. The highest BCUT2D eigenvalue weighted by Gasteiger charge is 2.32. The second-order valence-corrected chi connectivity index (χ2v) is 8.35. The fourth-order valence-electron chi connectivity index (χ4n) is 3.63. The van der Waals surface area contributed by atoms with Gasteiger partial charge in [-0.05, 0) is 35.7 Å². The number of halogens is 1. The number of rotatable bonds is 10. The van der Waals surface area contributed by atoms with Crippen molar-refractivity contribution in [3.8, 4) is 11.1 Å². The molecule has 0 aliphatic carbocycles. The predicted molar refractivity (Wildman–Crippen MR) is 129 cm³/mol. The largest absolute Gasteiger partial charge is 0.469 e. The van der Waals surface area contributed by atoms with Crippen molar-refractivity contribution >= 4 is 29.6 Å². The third-order valence-electron chi connectivity index (χ3n) is 5.67. The molecule has 0 spiro atoms. The standard InChI is InChI=1S/C25H29FN4O6/c1-15(31)28-13-19-14-30(25(34)36-19)18-7-8-20(21(26)11-18)17-5-3-16(4-6-17)12-29-24(33)22(27)9-10-23(32)35-2/h3-8,11,19,22H,9-10,12-14,27H2,1-2H3,(H,28,31)(H,29,33)/t19-,22-/m0/s1. The third-order valence-corrected chi connectivity index (χ3v) is 5.67. The second kappa shape index (κ2) is 12.1. The number of carbonyl (C=O) groups is 4. The highest BCUT2D eigenvalue weighted by molar-refractivity contribution is 5.90. The number of ether oxygens (including phenoxy) is 2. The van der Waals surface area contributed by atoms with E-state index in [1.807, 2.05) is 0 Å². The summed E-state index contributed by atoms with van der Waals surface area (Å²) in [6.07, 6.45) is -0.882. The van der Waals surface area contributed by atoms with E-state index in [0.717, 1.165) is 5.56 Å². The van der Waals surface area contributed by atoms with Gasteiger partial charge in [0, 0.05) is 25.5 Å². The van der Waals surface area contributed by atoms with E-state index in [0.29, 0.717) is 16.8 Å². The van der Waals surface area contributed by atoms with Gasteiger partial charge in [-0.1, -0.05) is 24.3 Å². The van der Waals surface area contributed by atoms with Gasteiger partial charge in [-0.3, -0.25) is 19.3 Å². The Kier molecular flexibility index (Phi) is 8.96. The Bertz CT molecular complexity index is 1120. The van der Waals surface area contributed by atoms with Crippen LogP contribution in [0.15, 0.2) is 42.5 Å². The highest BCUT2D eigenvalue weighted by atomic mass is 19.1. The Hall–Kier alpha value is -3.99. The van der Waals surface area contributed by atoms with Crippen molar-refractivity contribution in [1.29, 1.82) is 0 Å². The lowest BCUT2D eigenvalue weighted by atomic mass is 10.0. The van der Waals surface area contributed by atoms with E-state index in [4.69, 9.17) is 10.5 Å². The number of amides is 3. The number of anilines is 1. The normalized spacial score (nSPS) is 15.7. The molecule has 2 aromatic rings. The predicted octanol–water partition coefficient (Wildman–Crippen LogP) is 1.85. The van der Waals surface area contributed by atoms with E-state index in [2.05, 4.69) is 15.4 Å². The maximum absolute atomic E-state index is 14.9. The van der Waals surface area contributed by atoms with Crippen molar-refractivity contribution in [2.24, 2.45) is 5.73 Å². The number of carbonyl (C=O) groups excluding carboxylic acids is 4. The molecule has 1 saturated heterocycles. The van der Waals surface area contributed by atoms with E-state index < -0.39 is 30.0 Å². The summed E-state index contributed by atoms with van der Waals surface area (Å²) in [6.45, 7) is 1.98. The van der Waals surface area contributed by atoms with Crippen LogP contribution in [-0.4, -0.2) is 56.2 Å². The van der Waals surface area contributed by atoms with Gasteiger partial charge in [0.1, 0.15) is 11.9 Å². The van der Waals surface area contributed by atoms with Crippen LogP contribution in [0.1, 0.15) is 25.3 Å². The van der Waals surface area contributed by atoms with Gasteiger partial charge in [-0.15, -0.1) is 0 Å². The minimum Gasteiger partial charge on any atom is -0.469 e. The van der Waals surface area contributed by atoms with Crippen LogP contribution in [0.3, 0.4) is 0 Å². The number of esters is 1. The van der Waals surface area contributed by atoms with Gasteiger partial charge >= 0.3 is 12.1 Å². The topological polar surface area (TPSA) is 140 Å². The average Bonchev–Trinajstić information content (AvgIpc) is 3.25. The van der Waals surface area contributed by atoms with Gasteiger partial charge in [0.2, 0.25) is 11.8 Å². The van der Waals surface area contributed by atoms with Gasteiger partial charge in [-0.25, -0.2) is 9.18 Å². The summed E-state index contributed by atoms with van der Waals surface area (Å²) in [5.74, 6) is -1.55. The summed E-state index contributed by atoms with van der Waals surface area (Å²) in [4.78, 5) is 47.8. The van der Waals surface area contributed by atoms with Gasteiger partial charge in [0.25, 0.3) is 0 Å². The lowest BCUT2D eigenvalue weighted by molar-refractivity contribution is -0.140. The van der Waals surface area contributed by atoms with Crippen LogP contribution >= 0.6 is 0 Å². The van der Waals surface area contributed by atoms with E-state index in [1.165, 1.54) is 25.0 Å². The first-order chi connectivity index (χ1) is 17.2. The number of hydrogen-bond donors (Lipinski definition) is 3. The van der Waals surface area contributed by atoms with Crippen molar-refractivity contribution in [3.05, 3.63) is 53.8 Å². The van der Waals surface area contributed by atoms with Gasteiger partial charge < -0.3 is 25.8 Å². The summed E-state index contributed by atoms with van der Waals surface area (Å²) in [7, 11) is 1.27. The molecule has 1 heterocycles. The van der Waals surface area contributed by atoms with E-state index >= 15 is 0 Å². The average molecular weight is 501 g/mol. The van der Waals surface area contributed by atoms with Gasteiger partial charge in [0.05, 0.1) is 31.9 Å². The van der Waals surface area contributed by atoms with Crippen molar-refractivity contribution in [1.82, 2.24) is 10.6 Å². The molecule has 4 N–H and O–H groups in total. The zero-order chi connectivity index (χ0) is 26.2. The maximum atomic E-state index is 14.9. The van der Waals surface area contributed by atoms with Crippen LogP contribution < -0.4 is 21.3 Å². The van der Waals surface area contributed by atoms with Gasteiger partial charge in [-0.2, -0.15) is 0 Å². The smallest absolute Gasteiger partial charge is 0.414 e. The summed E-state index contributed by atoms with van der Waals surface area (Å²) in [5, 5.41) is 5.31. The Balaban J connectivity index is 1.58. The second-order valence-electron chi connectivity index (χ2n) is 8.35. The first-order valence-electron chi connectivity index (χ1n) is 11.4.